The van der Waals surface area contributed by atoms with E-state index in [9.17, 15) is 9.59 Å². The van der Waals surface area contributed by atoms with Crippen LogP contribution in [-0.2, 0) is 19.2 Å². The number of ether oxygens (including phenoxy) is 1. The molecule has 110 valence electrons. The van der Waals surface area contributed by atoms with Crippen LogP contribution in [0.5, 0.6) is 0 Å². The zero-order valence-corrected chi connectivity index (χ0v) is 12.1. The Hall–Kier alpha value is -2.16. The number of esters is 1. The van der Waals surface area contributed by atoms with Crippen LogP contribution < -0.4 is 5.73 Å². The van der Waals surface area contributed by atoms with Gasteiger partial charge in [-0.1, -0.05) is 5.16 Å². The first-order valence-electron chi connectivity index (χ1n) is 5.55. The summed E-state index contributed by atoms with van der Waals surface area (Å²) >= 11 is 1.07. The van der Waals surface area contributed by atoms with E-state index in [-0.39, 0.29) is 10.8 Å². The van der Waals surface area contributed by atoms with E-state index in [1.807, 2.05) is 0 Å². The quantitative estimate of drug-likeness (QED) is 0.469. The molecule has 0 aliphatic heterocycles. The summed E-state index contributed by atoms with van der Waals surface area (Å²) < 4.78 is 4.98. The molecule has 20 heavy (non-hydrogen) atoms. The zero-order valence-electron chi connectivity index (χ0n) is 11.2. The second-order valence-electron chi connectivity index (χ2n) is 4.68. The molecule has 0 saturated carbocycles. The summed E-state index contributed by atoms with van der Waals surface area (Å²) in [6.45, 7) is 4.62. The summed E-state index contributed by atoms with van der Waals surface area (Å²) in [5.74, 6) is -1.98. The van der Waals surface area contributed by atoms with E-state index in [2.05, 4.69) is 15.0 Å². The maximum atomic E-state index is 11.4. The molecule has 8 nitrogen and oxygen atoms in total. The minimum atomic E-state index is -1.33. The third-order valence-electron chi connectivity index (χ3n) is 1.73. The number of carboxylic acid groups (broad SMARTS) is 1. The number of carboxylic acids is 1. The zero-order chi connectivity index (χ0) is 15.3. The number of carbonyl (C=O) groups excluding carboxylic acids is 1. The fraction of sp³-hybridized carbons (Fsp3) is 0.455. The maximum Gasteiger partial charge on any atom is 0.360 e. The summed E-state index contributed by atoms with van der Waals surface area (Å²) in [7, 11) is 0. The molecule has 0 spiro atoms. The normalized spacial score (nSPS) is 12.1. The number of aliphatic carboxylic acids is 1. The summed E-state index contributed by atoms with van der Waals surface area (Å²) in [6.07, 6.45) is 0. The van der Waals surface area contributed by atoms with Gasteiger partial charge < -0.3 is 20.4 Å². The van der Waals surface area contributed by atoms with Crippen molar-refractivity contribution in [3.05, 3.63) is 11.1 Å². The predicted octanol–water partition coefficient (Wildman–Crippen LogP) is 0.872. The molecular formula is C11H15N3O5S. The first-order valence-corrected chi connectivity index (χ1v) is 6.43. The lowest BCUT2D eigenvalue weighted by molar-refractivity contribution is -0.160. The number of oxime groups is 1. The van der Waals surface area contributed by atoms with Crippen molar-refractivity contribution < 1.29 is 24.3 Å². The van der Waals surface area contributed by atoms with Crippen LogP contribution in [0.2, 0.25) is 0 Å². The third-order valence-corrected chi connectivity index (χ3v) is 2.40. The standard InChI is InChI=1S/C11H15N3O5S/c1-11(2,3)19-7(15)4-18-14-8(9(16)17)6-5-20-10(12)13-6/h5H,4H2,1-3H3,(H2,12,13)(H,16,17). The molecule has 0 unspecified atom stereocenters. The topological polar surface area (TPSA) is 124 Å². The molecule has 0 aromatic carbocycles. The molecule has 9 heteroatoms. The van der Waals surface area contributed by atoms with Gasteiger partial charge >= 0.3 is 11.9 Å². The fourth-order valence-electron chi connectivity index (χ4n) is 1.11. The number of anilines is 1. The smallest absolute Gasteiger partial charge is 0.360 e. The maximum absolute atomic E-state index is 11.4. The Labute approximate surface area is 119 Å². The lowest BCUT2D eigenvalue weighted by atomic mass is 10.2. The molecule has 0 aliphatic rings. The van der Waals surface area contributed by atoms with Gasteiger partial charge in [-0.05, 0) is 20.8 Å². The Bertz CT molecular complexity index is 532. The molecule has 1 rings (SSSR count). The lowest BCUT2D eigenvalue weighted by Gasteiger charge is -2.18. The van der Waals surface area contributed by atoms with Crippen LogP contribution in [0.25, 0.3) is 0 Å². The summed E-state index contributed by atoms with van der Waals surface area (Å²) in [6, 6.07) is 0. The van der Waals surface area contributed by atoms with Gasteiger partial charge in [0.25, 0.3) is 0 Å². The number of nitrogens with zero attached hydrogens (tertiary/aromatic N) is 2. The first-order chi connectivity index (χ1) is 9.19. The van der Waals surface area contributed by atoms with E-state index >= 15 is 0 Å². The van der Waals surface area contributed by atoms with Gasteiger partial charge in [0, 0.05) is 5.38 Å². The molecule has 0 amide bonds. The Morgan fingerprint density at radius 1 is 1.50 bits per heavy atom. The molecule has 0 atom stereocenters. The minimum absolute atomic E-state index is 0.0733. The fourth-order valence-corrected chi connectivity index (χ4v) is 1.66. The van der Waals surface area contributed by atoms with Gasteiger partial charge in [0.1, 0.15) is 11.3 Å². The average Bonchev–Trinajstić information content (AvgIpc) is 2.68. The summed E-state index contributed by atoms with van der Waals surface area (Å²) in [4.78, 5) is 30.8. The Kier molecular flexibility index (Phi) is 5.03. The van der Waals surface area contributed by atoms with Crippen molar-refractivity contribution in [1.29, 1.82) is 0 Å². The minimum Gasteiger partial charge on any atom is -0.476 e. The van der Waals surface area contributed by atoms with Crippen molar-refractivity contribution in [2.75, 3.05) is 12.3 Å². The molecule has 1 heterocycles. The van der Waals surface area contributed by atoms with Crippen LogP contribution in [0.15, 0.2) is 10.5 Å². The van der Waals surface area contributed by atoms with E-state index in [1.165, 1.54) is 5.38 Å². The number of nitrogen functional groups attached to an aromatic ring is 1. The van der Waals surface area contributed by atoms with Gasteiger partial charge in [-0.15, -0.1) is 11.3 Å². The lowest BCUT2D eigenvalue weighted by Crippen LogP contribution is -2.26. The van der Waals surface area contributed by atoms with Gasteiger partial charge in [-0.3, -0.25) is 0 Å². The molecule has 3 N–H and O–H groups in total. The van der Waals surface area contributed by atoms with E-state index in [0.29, 0.717) is 0 Å². The molecule has 0 bridgehead atoms. The van der Waals surface area contributed by atoms with E-state index < -0.39 is 29.9 Å². The molecular weight excluding hydrogens is 286 g/mol. The molecule has 0 saturated heterocycles. The molecule has 0 radical (unpaired) electrons. The van der Waals surface area contributed by atoms with Crippen LogP contribution in [0.3, 0.4) is 0 Å². The highest BCUT2D eigenvalue weighted by atomic mass is 32.1. The van der Waals surface area contributed by atoms with E-state index in [4.69, 9.17) is 15.6 Å². The molecule has 0 aliphatic carbocycles. The number of hydrogen-bond acceptors (Lipinski definition) is 8. The number of rotatable bonds is 5. The van der Waals surface area contributed by atoms with Crippen molar-refractivity contribution in [3.8, 4) is 0 Å². The Morgan fingerprint density at radius 2 is 2.15 bits per heavy atom. The van der Waals surface area contributed by atoms with Crippen molar-refractivity contribution in [2.24, 2.45) is 5.16 Å². The van der Waals surface area contributed by atoms with Crippen LogP contribution >= 0.6 is 11.3 Å². The SMILES string of the molecule is CC(C)(C)OC(=O)CON=C(C(=O)O)c1csc(N)n1. The van der Waals surface area contributed by atoms with Crippen LogP contribution in [0.4, 0.5) is 5.13 Å². The highest BCUT2D eigenvalue weighted by Crippen LogP contribution is 2.12. The second-order valence-corrected chi connectivity index (χ2v) is 5.57. The first kappa shape index (κ1) is 15.9. The van der Waals surface area contributed by atoms with Gasteiger partial charge in [0.15, 0.2) is 5.13 Å². The summed E-state index contributed by atoms with van der Waals surface area (Å²) in [5, 5.41) is 14.0. The van der Waals surface area contributed by atoms with Gasteiger partial charge in [-0.2, -0.15) is 0 Å². The monoisotopic (exact) mass is 301 g/mol. The van der Waals surface area contributed by atoms with Gasteiger partial charge in [0.2, 0.25) is 12.3 Å². The number of thiazole rings is 1. The van der Waals surface area contributed by atoms with Crippen molar-refractivity contribution in [3.63, 3.8) is 0 Å². The molecule has 1 aromatic rings. The van der Waals surface area contributed by atoms with Crippen LogP contribution in [0, 0.1) is 0 Å². The van der Waals surface area contributed by atoms with Crippen LogP contribution in [-0.4, -0.2) is 39.9 Å². The second kappa shape index (κ2) is 6.33. The number of aromatic nitrogens is 1. The summed E-state index contributed by atoms with van der Waals surface area (Å²) in [5.41, 5.74) is 4.40. The van der Waals surface area contributed by atoms with E-state index in [0.717, 1.165) is 11.3 Å². The molecule has 0 fully saturated rings. The highest BCUT2D eigenvalue weighted by molar-refractivity contribution is 7.13. The highest BCUT2D eigenvalue weighted by Gasteiger charge is 2.19. The predicted molar refractivity (Wildman–Crippen MR) is 72.5 cm³/mol. The third kappa shape index (κ3) is 5.22. The Balaban J connectivity index is 2.66. The van der Waals surface area contributed by atoms with E-state index in [1.54, 1.807) is 20.8 Å². The van der Waals surface area contributed by atoms with Crippen molar-refractivity contribution in [2.45, 2.75) is 26.4 Å². The average molecular weight is 301 g/mol. The number of nitrogens with two attached hydrogens (primary N) is 1. The number of carbonyl (C=O) groups is 2. The molecule has 1 aromatic heterocycles. The largest absolute Gasteiger partial charge is 0.476 e. The van der Waals surface area contributed by atoms with Crippen molar-refractivity contribution in [1.82, 2.24) is 4.98 Å². The van der Waals surface area contributed by atoms with Gasteiger partial charge in [0.05, 0.1) is 0 Å². The van der Waals surface area contributed by atoms with Crippen molar-refractivity contribution >= 4 is 34.1 Å². The van der Waals surface area contributed by atoms with Crippen LogP contribution in [0.1, 0.15) is 26.5 Å². The van der Waals surface area contributed by atoms with Gasteiger partial charge in [-0.25, -0.2) is 14.6 Å². The number of hydrogen-bond donors (Lipinski definition) is 2. The Morgan fingerprint density at radius 3 is 2.60 bits per heavy atom.